The molecule has 0 bridgehead atoms. The Morgan fingerprint density at radius 3 is 2.70 bits per heavy atom. The predicted octanol–water partition coefficient (Wildman–Crippen LogP) is 1.18. The number of H-pyrrole nitrogens is 1. The van der Waals surface area contributed by atoms with Gasteiger partial charge in [-0.15, -0.1) is 0 Å². The van der Waals surface area contributed by atoms with Gasteiger partial charge in [-0.1, -0.05) is 30.3 Å². The van der Waals surface area contributed by atoms with Gasteiger partial charge in [0, 0.05) is 24.5 Å². The zero-order valence-corrected chi connectivity index (χ0v) is 15.5. The number of benzene rings is 1. The molecule has 0 saturated carbocycles. The van der Waals surface area contributed by atoms with E-state index in [2.05, 4.69) is 15.3 Å². The molecule has 0 fully saturated rings. The Labute approximate surface area is 158 Å². The fourth-order valence-electron chi connectivity index (χ4n) is 3.30. The Kier molecular flexibility index (Phi) is 4.63. The molecule has 0 aliphatic carbocycles. The molecule has 8 nitrogen and oxygen atoms in total. The fraction of sp³-hybridized carbons (Fsp3) is 0.278. The molecule has 0 radical (unpaired) electrons. The van der Waals surface area contributed by atoms with Gasteiger partial charge in [-0.3, -0.25) is 9.89 Å². The second-order valence-electron chi connectivity index (χ2n) is 6.51. The number of aromatic amines is 1. The van der Waals surface area contributed by atoms with Gasteiger partial charge >= 0.3 is 0 Å². The number of rotatable bonds is 5. The van der Waals surface area contributed by atoms with Crippen molar-refractivity contribution < 1.29 is 14.1 Å². The van der Waals surface area contributed by atoms with Gasteiger partial charge in [0.15, 0.2) is 11.0 Å². The SMILES string of the molecule is CC(O)C(C(=O)N1Cc2cn(S(=O)c3cn[nH]c3)nc2C1)c1ccccc1. The highest BCUT2D eigenvalue weighted by atomic mass is 32.2. The summed E-state index contributed by atoms with van der Waals surface area (Å²) in [6.07, 6.45) is 3.95. The molecule has 0 spiro atoms. The van der Waals surface area contributed by atoms with Crippen molar-refractivity contribution in [1.29, 1.82) is 0 Å². The van der Waals surface area contributed by atoms with Gasteiger partial charge in [-0.2, -0.15) is 14.3 Å². The highest BCUT2D eigenvalue weighted by Gasteiger charge is 2.34. The van der Waals surface area contributed by atoms with Gasteiger partial charge in [0.25, 0.3) is 0 Å². The van der Waals surface area contributed by atoms with E-state index < -0.39 is 23.0 Å². The van der Waals surface area contributed by atoms with E-state index in [0.29, 0.717) is 18.0 Å². The third-order valence-corrected chi connectivity index (χ3v) is 5.77. The number of amides is 1. The van der Waals surface area contributed by atoms with Crippen molar-refractivity contribution in [1.82, 2.24) is 24.3 Å². The van der Waals surface area contributed by atoms with Crippen LogP contribution in [-0.2, 0) is 28.9 Å². The first-order valence-electron chi connectivity index (χ1n) is 8.55. The van der Waals surface area contributed by atoms with Crippen LogP contribution in [0, 0.1) is 0 Å². The maximum atomic E-state index is 13.0. The third kappa shape index (κ3) is 3.31. The van der Waals surface area contributed by atoms with E-state index in [1.54, 1.807) is 24.2 Å². The van der Waals surface area contributed by atoms with Crippen molar-refractivity contribution in [2.75, 3.05) is 0 Å². The zero-order valence-electron chi connectivity index (χ0n) is 14.6. The lowest BCUT2D eigenvalue weighted by Gasteiger charge is -2.25. The summed E-state index contributed by atoms with van der Waals surface area (Å²) in [4.78, 5) is 15.2. The van der Waals surface area contributed by atoms with Crippen molar-refractivity contribution in [3.8, 4) is 0 Å². The first kappa shape index (κ1) is 17.6. The van der Waals surface area contributed by atoms with Crippen LogP contribution in [0.2, 0.25) is 0 Å². The van der Waals surface area contributed by atoms with Crippen molar-refractivity contribution in [3.63, 3.8) is 0 Å². The number of fused-ring (bicyclic) bond motifs is 1. The molecule has 140 valence electrons. The molecular weight excluding hydrogens is 366 g/mol. The van der Waals surface area contributed by atoms with E-state index in [1.807, 2.05) is 30.3 Å². The second kappa shape index (κ2) is 7.09. The summed E-state index contributed by atoms with van der Waals surface area (Å²) in [5.74, 6) is -0.765. The minimum atomic E-state index is -1.47. The standard InChI is InChI=1S/C18H19N5O3S/c1-12(24)17(13-5-3-2-4-6-13)18(25)22-9-14-10-23(21-16(14)11-22)27(26)15-7-19-20-8-15/h2-8,10,12,17,24H,9,11H2,1H3,(H,19,20). The molecule has 3 aromatic rings. The first-order valence-corrected chi connectivity index (χ1v) is 9.65. The molecule has 2 aromatic heterocycles. The van der Waals surface area contributed by atoms with Crippen molar-refractivity contribution >= 4 is 16.9 Å². The minimum absolute atomic E-state index is 0.142. The quantitative estimate of drug-likeness (QED) is 0.686. The molecule has 1 aliphatic heterocycles. The van der Waals surface area contributed by atoms with Crippen molar-refractivity contribution in [3.05, 3.63) is 65.7 Å². The van der Waals surface area contributed by atoms with Gasteiger partial charge < -0.3 is 10.0 Å². The fourth-order valence-corrected chi connectivity index (χ4v) is 4.20. The number of aromatic nitrogens is 4. The molecule has 27 heavy (non-hydrogen) atoms. The summed E-state index contributed by atoms with van der Waals surface area (Å²) >= 11 is 0. The van der Waals surface area contributed by atoms with Gasteiger partial charge in [0.05, 0.1) is 35.4 Å². The number of hydrogen-bond acceptors (Lipinski definition) is 5. The Balaban J connectivity index is 1.52. The second-order valence-corrected chi connectivity index (χ2v) is 7.85. The van der Waals surface area contributed by atoms with Gasteiger partial charge in [0.1, 0.15) is 0 Å². The number of nitrogens with zero attached hydrogens (tertiary/aromatic N) is 4. The zero-order chi connectivity index (χ0) is 19.0. The maximum Gasteiger partial charge on any atom is 0.233 e. The summed E-state index contributed by atoms with van der Waals surface area (Å²) in [5, 5.41) is 21.0. The van der Waals surface area contributed by atoms with E-state index in [9.17, 15) is 14.1 Å². The lowest BCUT2D eigenvalue weighted by atomic mass is 9.93. The van der Waals surface area contributed by atoms with Gasteiger partial charge in [-0.05, 0) is 12.5 Å². The highest BCUT2D eigenvalue weighted by molar-refractivity contribution is 7.83. The summed E-state index contributed by atoms with van der Waals surface area (Å²) in [6, 6.07) is 9.28. The summed E-state index contributed by atoms with van der Waals surface area (Å²) < 4.78 is 13.8. The predicted molar refractivity (Wildman–Crippen MR) is 97.7 cm³/mol. The molecule has 1 amide bonds. The number of aliphatic hydroxyl groups is 1. The van der Waals surface area contributed by atoms with Crippen molar-refractivity contribution in [2.45, 2.75) is 36.9 Å². The van der Waals surface area contributed by atoms with Crippen LogP contribution in [0.15, 0.2) is 53.8 Å². The van der Waals surface area contributed by atoms with Crippen LogP contribution in [0.1, 0.15) is 29.7 Å². The van der Waals surface area contributed by atoms with Gasteiger partial charge in [-0.25, -0.2) is 4.21 Å². The van der Waals surface area contributed by atoms with E-state index in [1.165, 1.54) is 10.3 Å². The van der Waals surface area contributed by atoms with Crippen LogP contribution in [0.4, 0.5) is 0 Å². The number of carbonyl (C=O) groups is 1. The normalized spacial score (nSPS) is 16.7. The lowest BCUT2D eigenvalue weighted by molar-refractivity contribution is -0.135. The highest BCUT2D eigenvalue weighted by Crippen LogP contribution is 2.29. The topological polar surface area (TPSA) is 104 Å². The van der Waals surface area contributed by atoms with E-state index >= 15 is 0 Å². The smallest absolute Gasteiger partial charge is 0.233 e. The van der Waals surface area contributed by atoms with Crippen LogP contribution >= 0.6 is 0 Å². The van der Waals surface area contributed by atoms with Crippen LogP contribution in [0.3, 0.4) is 0 Å². The molecule has 0 saturated heterocycles. The molecule has 3 heterocycles. The van der Waals surface area contributed by atoms with Crippen molar-refractivity contribution in [2.24, 2.45) is 0 Å². The largest absolute Gasteiger partial charge is 0.392 e. The van der Waals surface area contributed by atoms with E-state index in [4.69, 9.17) is 0 Å². The molecule has 1 aliphatic rings. The number of nitrogens with one attached hydrogen (secondary N) is 1. The first-order chi connectivity index (χ1) is 13.0. The Morgan fingerprint density at radius 2 is 2.07 bits per heavy atom. The van der Waals surface area contributed by atoms with E-state index in [0.717, 1.165) is 16.8 Å². The molecule has 9 heteroatoms. The molecule has 2 N–H and O–H groups in total. The average molecular weight is 385 g/mol. The van der Waals surface area contributed by atoms with Gasteiger partial charge in [0.2, 0.25) is 5.91 Å². The molecular formula is C18H19N5O3S. The number of aliphatic hydroxyl groups excluding tert-OH is 1. The van der Waals surface area contributed by atoms with Crippen LogP contribution < -0.4 is 0 Å². The molecule has 4 rings (SSSR count). The summed E-state index contributed by atoms with van der Waals surface area (Å²) in [5.41, 5.74) is 2.36. The van der Waals surface area contributed by atoms with E-state index in [-0.39, 0.29) is 5.91 Å². The minimum Gasteiger partial charge on any atom is -0.392 e. The van der Waals surface area contributed by atoms with Crippen LogP contribution in [0.5, 0.6) is 0 Å². The molecule has 3 unspecified atom stereocenters. The number of hydrogen-bond donors (Lipinski definition) is 2. The maximum absolute atomic E-state index is 13.0. The average Bonchev–Trinajstić information content (AvgIpc) is 3.38. The number of carbonyl (C=O) groups excluding carboxylic acids is 1. The monoisotopic (exact) mass is 385 g/mol. The molecule has 3 atom stereocenters. The summed E-state index contributed by atoms with van der Waals surface area (Å²) in [6.45, 7) is 2.34. The Bertz CT molecular complexity index is 945. The van der Waals surface area contributed by atoms with Crippen LogP contribution in [-0.4, -0.2) is 45.6 Å². The third-order valence-electron chi connectivity index (χ3n) is 4.62. The molecule has 1 aromatic carbocycles. The summed E-state index contributed by atoms with van der Waals surface area (Å²) in [7, 11) is -1.47. The van der Waals surface area contributed by atoms with Crippen LogP contribution in [0.25, 0.3) is 0 Å². The Morgan fingerprint density at radius 1 is 1.30 bits per heavy atom. The Hall–Kier alpha value is -2.78. The lowest BCUT2D eigenvalue weighted by Crippen LogP contribution is -2.36.